The summed E-state index contributed by atoms with van der Waals surface area (Å²) >= 11 is 4.05. The van der Waals surface area contributed by atoms with Crippen LogP contribution in [0.25, 0.3) is 0 Å². The smallest absolute Gasteiger partial charge is 0.324 e. The minimum atomic E-state index is 0.221. The van der Waals surface area contributed by atoms with Crippen molar-refractivity contribution in [3.63, 3.8) is 0 Å². The van der Waals surface area contributed by atoms with Crippen molar-refractivity contribution in [2.75, 3.05) is 31.8 Å². The van der Waals surface area contributed by atoms with Crippen LogP contribution in [-0.2, 0) is 0 Å². The van der Waals surface area contributed by atoms with E-state index in [1.54, 1.807) is 0 Å². The van der Waals surface area contributed by atoms with Gasteiger partial charge in [0, 0.05) is 12.3 Å². The Hall–Kier alpha value is -1.24. The SMILES string of the molecule is COc1nc(NCCS)nc(OC)n1. The van der Waals surface area contributed by atoms with Gasteiger partial charge in [-0.3, -0.25) is 0 Å². The van der Waals surface area contributed by atoms with Crippen molar-refractivity contribution >= 4 is 18.6 Å². The summed E-state index contributed by atoms with van der Waals surface area (Å²) in [6.07, 6.45) is 0. The van der Waals surface area contributed by atoms with Crippen molar-refractivity contribution in [1.82, 2.24) is 15.0 Å². The molecule has 1 N–H and O–H groups in total. The minimum absolute atomic E-state index is 0.221. The van der Waals surface area contributed by atoms with Crippen molar-refractivity contribution in [2.45, 2.75) is 0 Å². The number of thiol groups is 1. The number of ether oxygens (including phenoxy) is 2. The highest BCUT2D eigenvalue weighted by Crippen LogP contribution is 2.11. The van der Waals surface area contributed by atoms with E-state index in [1.807, 2.05) is 0 Å². The molecule has 0 aromatic carbocycles. The number of methoxy groups -OCH3 is 2. The maximum Gasteiger partial charge on any atom is 0.324 e. The van der Waals surface area contributed by atoms with Crippen molar-refractivity contribution in [3.8, 4) is 12.0 Å². The van der Waals surface area contributed by atoms with Crippen LogP contribution in [0.4, 0.5) is 5.95 Å². The third kappa shape index (κ3) is 2.91. The standard InChI is InChI=1S/C7H12N4O2S/c1-12-6-9-5(8-3-4-14)10-7(11-6)13-2/h14H,3-4H2,1-2H3,(H,8,9,10,11). The first-order valence-electron chi connectivity index (χ1n) is 3.99. The Labute approximate surface area is 87.5 Å². The van der Waals surface area contributed by atoms with Crippen LogP contribution in [0.2, 0.25) is 0 Å². The maximum atomic E-state index is 4.88. The summed E-state index contributed by atoms with van der Waals surface area (Å²) in [4.78, 5) is 11.8. The molecular weight excluding hydrogens is 204 g/mol. The molecular formula is C7H12N4O2S. The van der Waals surface area contributed by atoms with E-state index in [-0.39, 0.29) is 12.0 Å². The fourth-order valence-corrected chi connectivity index (χ4v) is 0.879. The molecule has 0 aliphatic carbocycles. The molecule has 1 rings (SSSR count). The van der Waals surface area contributed by atoms with Gasteiger partial charge in [0.15, 0.2) is 0 Å². The number of rotatable bonds is 5. The van der Waals surface area contributed by atoms with Gasteiger partial charge in [0.2, 0.25) is 5.95 Å². The van der Waals surface area contributed by atoms with Crippen LogP contribution >= 0.6 is 12.6 Å². The number of hydrogen-bond acceptors (Lipinski definition) is 7. The van der Waals surface area contributed by atoms with Crippen molar-refractivity contribution < 1.29 is 9.47 Å². The lowest BCUT2D eigenvalue weighted by molar-refractivity contribution is 0.341. The average Bonchev–Trinajstić information content (AvgIpc) is 2.25. The highest BCUT2D eigenvalue weighted by atomic mass is 32.1. The third-order valence-corrected chi connectivity index (χ3v) is 1.58. The first kappa shape index (κ1) is 10.8. The summed E-state index contributed by atoms with van der Waals surface area (Å²) < 4.78 is 9.75. The highest BCUT2D eigenvalue weighted by molar-refractivity contribution is 7.80. The van der Waals surface area contributed by atoms with Crippen molar-refractivity contribution in [2.24, 2.45) is 0 Å². The van der Waals surface area contributed by atoms with E-state index >= 15 is 0 Å². The van der Waals surface area contributed by atoms with Gasteiger partial charge in [0.1, 0.15) is 0 Å². The molecule has 1 aromatic heterocycles. The first-order valence-corrected chi connectivity index (χ1v) is 4.62. The molecule has 1 aromatic rings. The summed E-state index contributed by atoms with van der Waals surface area (Å²) in [6.45, 7) is 0.666. The molecule has 7 heteroatoms. The molecule has 0 atom stereocenters. The molecule has 0 saturated carbocycles. The van der Waals surface area contributed by atoms with Crippen LogP contribution in [0, 0.1) is 0 Å². The molecule has 0 unspecified atom stereocenters. The van der Waals surface area contributed by atoms with Gasteiger partial charge in [-0.05, 0) is 0 Å². The summed E-state index contributed by atoms with van der Waals surface area (Å²) in [6, 6.07) is 0.442. The zero-order valence-corrected chi connectivity index (χ0v) is 8.91. The van der Waals surface area contributed by atoms with Crippen LogP contribution < -0.4 is 14.8 Å². The van der Waals surface area contributed by atoms with Gasteiger partial charge in [0.05, 0.1) is 14.2 Å². The summed E-state index contributed by atoms with van der Waals surface area (Å²) in [5.74, 6) is 1.11. The molecule has 0 bridgehead atoms. The quantitative estimate of drug-likeness (QED) is 0.687. The fourth-order valence-electron chi connectivity index (χ4n) is 0.767. The number of nitrogens with one attached hydrogen (secondary N) is 1. The predicted molar refractivity (Wildman–Crippen MR) is 55.3 cm³/mol. The number of anilines is 1. The molecule has 0 fully saturated rings. The Kier molecular flexibility index (Phi) is 4.24. The lowest BCUT2D eigenvalue weighted by atomic mass is 10.7. The molecule has 1 heterocycles. The lowest BCUT2D eigenvalue weighted by Gasteiger charge is -2.05. The van der Waals surface area contributed by atoms with Crippen molar-refractivity contribution in [3.05, 3.63) is 0 Å². The molecule has 78 valence electrons. The van der Waals surface area contributed by atoms with Gasteiger partial charge in [-0.1, -0.05) is 0 Å². The first-order chi connectivity index (χ1) is 6.80. The van der Waals surface area contributed by atoms with Gasteiger partial charge in [0.25, 0.3) is 0 Å². The van der Waals surface area contributed by atoms with Gasteiger partial charge in [-0.2, -0.15) is 22.6 Å². The maximum absolute atomic E-state index is 4.88. The topological polar surface area (TPSA) is 69.2 Å². The average molecular weight is 216 g/mol. The third-order valence-electron chi connectivity index (χ3n) is 1.35. The van der Waals surface area contributed by atoms with Crippen LogP contribution in [0.3, 0.4) is 0 Å². The monoisotopic (exact) mass is 216 g/mol. The Morgan fingerprint density at radius 1 is 1.14 bits per heavy atom. The van der Waals surface area contributed by atoms with Crippen LogP contribution in [0.5, 0.6) is 12.0 Å². The highest BCUT2D eigenvalue weighted by Gasteiger charge is 2.05. The molecule has 6 nitrogen and oxygen atoms in total. The van der Waals surface area contributed by atoms with E-state index in [2.05, 4.69) is 32.9 Å². The molecule has 0 saturated heterocycles. The van der Waals surface area contributed by atoms with E-state index in [0.29, 0.717) is 18.2 Å². The van der Waals surface area contributed by atoms with Gasteiger partial charge < -0.3 is 14.8 Å². The van der Waals surface area contributed by atoms with E-state index in [0.717, 1.165) is 0 Å². The van der Waals surface area contributed by atoms with Gasteiger partial charge >= 0.3 is 12.0 Å². The molecule has 0 radical (unpaired) electrons. The number of nitrogens with zero attached hydrogens (tertiary/aromatic N) is 3. The Balaban J connectivity index is 2.81. The zero-order valence-electron chi connectivity index (χ0n) is 8.02. The summed E-state index contributed by atoms with van der Waals surface area (Å²) in [5.41, 5.74) is 0. The number of aromatic nitrogens is 3. The Morgan fingerprint density at radius 2 is 1.71 bits per heavy atom. The largest absolute Gasteiger partial charge is 0.467 e. The van der Waals surface area contributed by atoms with Crippen LogP contribution in [0.1, 0.15) is 0 Å². The molecule has 0 spiro atoms. The van der Waals surface area contributed by atoms with Gasteiger partial charge in [-0.25, -0.2) is 0 Å². The van der Waals surface area contributed by atoms with Gasteiger partial charge in [-0.15, -0.1) is 4.98 Å². The molecule has 0 aliphatic heterocycles. The van der Waals surface area contributed by atoms with Crippen molar-refractivity contribution in [1.29, 1.82) is 0 Å². The van der Waals surface area contributed by atoms with E-state index in [9.17, 15) is 0 Å². The van der Waals surface area contributed by atoms with Crippen LogP contribution in [0.15, 0.2) is 0 Å². The van der Waals surface area contributed by atoms with Crippen LogP contribution in [-0.4, -0.2) is 41.5 Å². The lowest BCUT2D eigenvalue weighted by Crippen LogP contribution is -2.09. The molecule has 0 amide bonds. The minimum Gasteiger partial charge on any atom is -0.467 e. The van der Waals surface area contributed by atoms with E-state index in [4.69, 9.17) is 9.47 Å². The zero-order chi connectivity index (χ0) is 10.4. The summed E-state index contributed by atoms with van der Waals surface area (Å²) in [7, 11) is 2.97. The van der Waals surface area contributed by atoms with E-state index in [1.165, 1.54) is 14.2 Å². The second-order valence-electron chi connectivity index (χ2n) is 2.28. The second-order valence-corrected chi connectivity index (χ2v) is 2.73. The van der Waals surface area contributed by atoms with E-state index < -0.39 is 0 Å². The Bertz CT molecular complexity index is 275. The summed E-state index contributed by atoms with van der Waals surface area (Å²) in [5, 5.41) is 2.95. The predicted octanol–water partition coefficient (Wildman–Crippen LogP) is 0.230. The molecule has 0 aliphatic rings. The normalized spacial score (nSPS) is 9.64. The second kappa shape index (κ2) is 5.48. The Morgan fingerprint density at radius 3 is 2.14 bits per heavy atom. The molecule has 14 heavy (non-hydrogen) atoms. The number of hydrogen-bond donors (Lipinski definition) is 2. The fraction of sp³-hybridized carbons (Fsp3) is 0.571.